The quantitative estimate of drug-likeness (QED) is 0.615. The summed E-state index contributed by atoms with van der Waals surface area (Å²) >= 11 is 6.14. The number of imide groups is 1. The Morgan fingerprint density at radius 2 is 2.04 bits per heavy atom. The van der Waals surface area contributed by atoms with E-state index in [2.05, 4.69) is 10.6 Å². The first-order valence-electron chi connectivity index (χ1n) is 7.56. The predicted octanol–water partition coefficient (Wildman–Crippen LogP) is 2.02. The van der Waals surface area contributed by atoms with Crippen LogP contribution in [-0.2, 0) is 15.1 Å². The van der Waals surface area contributed by atoms with E-state index in [0.717, 1.165) is 17.7 Å². The number of carbonyl (C=O) groups excluding carboxylic acids is 3. The number of nitrogens with one attached hydrogen (secondary N) is 2. The van der Waals surface area contributed by atoms with E-state index in [-0.39, 0.29) is 12.5 Å². The Bertz CT molecular complexity index is 635. The van der Waals surface area contributed by atoms with Crippen LogP contribution < -0.4 is 10.6 Å². The molecule has 1 aromatic carbocycles. The van der Waals surface area contributed by atoms with Gasteiger partial charge in [-0.1, -0.05) is 43.1 Å². The number of nitrogens with zero attached hydrogens (tertiary/aromatic N) is 1. The molecule has 1 atom stereocenters. The molecule has 1 heterocycles. The number of carbonyl (C=O) groups is 3. The van der Waals surface area contributed by atoms with Gasteiger partial charge in [0.2, 0.25) is 5.91 Å². The van der Waals surface area contributed by atoms with E-state index >= 15 is 0 Å². The monoisotopic (exact) mass is 337 g/mol. The van der Waals surface area contributed by atoms with Gasteiger partial charge in [-0.15, -0.1) is 0 Å². The maximum Gasteiger partial charge on any atom is 0.325 e. The zero-order valence-electron chi connectivity index (χ0n) is 13.2. The Hall–Kier alpha value is -2.08. The molecule has 1 aliphatic rings. The largest absolute Gasteiger partial charge is 0.355 e. The second kappa shape index (κ2) is 7.00. The van der Waals surface area contributed by atoms with Gasteiger partial charge >= 0.3 is 6.03 Å². The maximum absolute atomic E-state index is 12.7. The van der Waals surface area contributed by atoms with Gasteiger partial charge in [-0.2, -0.15) is 0 Å². The minimum Gasteiger partial charge on any atom is -0.355 e. The molecule has 0 aromatic heterocycles. The van der Waals surface area contributed by atoms with Crippen LogP contribution in [-0.4, -0.2) is 35.8 Å². The molecule has 1 unspecified atom stereocenters. The van der Waals surface area contributed by atoms with Crippen molar-refractivity contribution in [2.45, 2.75) is 32.2 Å². The summed E-state index contributed by atoms with van der Waals surface area (Å²) < 4.78 is 0. The summed E-state index contributed by atoms with van der Waals surface area (Å²) in [4.78, 5) is 37.6. The topological polar surface area (TPSA) is 78.5 Å². The van der Waals surface area contributed by atoms with Crippen LogP contribution in [0.2, 0.25) is 5.02 Å². The Morgan fingerprint density at radius 3 is 2.70 bits per heavy atom. The molecule has 0 bridgehead atoms. The molecule has 7 heteroatoms. The third-order valence-electron chi connectivity index (χ3n) is 3.84. The summed E-state index contributed by atoms with van der Waals surface area (Å²) in [5.41, 5.74) is -0.757. The molecule has 4 amide bonds. The van der Waals surface area contributed by atoms with Crippen molar-refractivity contribution >= 4 is 29.4 Å². The van der Waals surface area contributed by atoms with Crippen LogP contribution in [0, 0.1) is 0 Å². The lowest BCUT2D eigenvalue weighted by Crippen LogP contribution is -2.43. The van der Waals surface area contributed by atoms with Gasteiger partial charge in [0.15, 0.2) is 0 Å². The number of hydrogen-bond acceptors (Lipinski definition) is 3. The van der Waals surface area contributed by atoms with E-state index in [1.807, 2.05) is 6.92 Å². The van der Waals surface area contributed by atoms with E-state index in [4.69, 9.17) is 11.6 Å². The zero-order valence-corrected chi connectivity index (χ0v) is 13.9. The molecule has 1 fully saturated rings. The van der Waals surface area contributed by atoms with Crippen LogP contribution in [0.1, 0.15) is 32.3 Å². The first-order valence-corrected chi connectivity index (χ1v) is 7.93. The number of hydrogen-bond donors (Lipinski definition) is 2. The number of urea groups is 1. The molecule has 1 saturated heterocycles. The Kier molecular flexibility index (Phi) is 5.26. The van der Waals surface area contributed by atoms with Gasteiger partial charge in [0, 0.05) is 17.1 Å². The summed E-state index contributed by atoms with van der Waals surface area (Å²) in [6.45, 7) is 3.83. The minimum absolute atomic E-state index is 0.297. The van der Waals surface area contributed by atoms with Crippen molar-refractivity contribution in [1.82, 2.24) is 15.5 Å². The lowest BCUT2D eigenvalue weighted by atomic mass is 9.92. The molecule has 0 spiro atoms. The van der Waals surface area contributed by atoms with Crippen molar-refractivity contribution in [1.29, 1.82) is 0 Å². The predicted molar refractivity (Wildman–Crippen MR) is 87.0 cm³/mol. The molecule has 6 nitrogen and oxygen atoms in total. The van der Waals surface area contributed by atoms with Gasteiger partial charge in [0.05, 0.1) is 0 Å². The molecule has 23 heavy (non-hydrogen) atoms. The molecule has 1 aromatic rings. The number of rotatable bonds is 6. The first-order chi connectivity index (χ1) is 10.9. The molecule has 2 N–H and O–H groups in total. The lowest BCUT2D eigenvalue weighted by molar-refractivity contribution is -0.134. The molecular formula is C16H20ClN3O3. The Labute approximate surface area is 140 Å². The highest BCUT2D eigenvalue weighted by Gasteiger charge is 2.50. The maximum atomic E-state index is 12.7. The third-order valence-corrected chi connectivity index (χ3v) is 4.17. The van der Waals surface area contributed by atoms with Crippen LogP contribution in [0.5, 0.6) is 0 Å². The summed E-state index contributed by atoms with van der Waals surface area (Å²) in [5, 5.41) is 5.71. The zero-order chi connectivity index (χ0) is 17.0. The Morgan fingerprint density at radius 1 is 1.35 bits per heavy atom. The van der Waals surface area contributed by atoms with Gasteiger partial charge in [0.1, 0.15) is 12.1 Å². The van der Waals surface area contributed by atoms with Crippen LogP contribution >= 0.6 is 11.6 Å². The number of amides is 4. The second-order valence-electron chi connectivity index (χ2n) is 5.63. The molecule has 0 aliphatic carbocycles. The van der Waals surface area contributed by atoms with Crippen LogP contribution in [0.4, 0.5) is 4.79 Å². The van der Waals surface area contributed by atoms with E-state index in [1.165, 1.54) is 0 Å². The fourth-order valence-corrected chi connectivity index (χ4v) is 2.82. The number of benzene rings is 1. The van der Waals surface area contributed by atoms with Gasteiger partial charge in [0.25, 0.3) is 5.91 Å². The van der Waals surface area contributed by atoms with Crippen molar-refractivity contribution < 1.29 is 14.4 Å². The molecule has 1 aliphatic heterocycles. The van der Waals surface area contributed by atoms with Gasteiger partial charge < -0.3 is 10.6 Å². The fourth-order valence-electron chi connectivity index (χ4n) is 2.49. The summed E-state index contributed by atoms with van der Waals surface area (Å²) in [5.74, 6) is -0.841. The van der Waals surface area contributed by atoms with Crippen molar-refractivity contribution in [2.75, 3.05) is 13.1 Å². The highest BCUT2D eigenvalue weighted by molar-refractivity contribution is 6.32. The van der Waals surface area contributed by atoms with Crippen LogP contribution in [0.25, 0.3) is 0 Å². The van der Waals surface area contributed by atoms with Gasteiger partial charge in [-0.3, -0.25) is 14.5 Å². The summed E-state index contributed by atoms with van der Waals surface area (Å²) in [6.07, 6.45) is 1.80. The van der Waals surface area contributed by atoms with Crippen molar-refractivity contribution in [2.24, 2.45) is 0 Å². The molecule has 0 radical (unpaired) electrons. The van der Waals surface area contributed by atoms with Crippen LogP contribution in [0.3, 0.4) is 0 Å². The normalized spacial score (nSPS) is 20.6. The van der Waals surface area contributed by atoms with E-state index in [1.54, 1.807) is 31.2 Å². The summed E-state index contributed by atoms with van der Waals surface area (Å²) in [7, 11) is 0. The smallest absolute Gasteiger partial charge is 0.325 e. The van der Waals surface area contributed by atoms with E-state index in [9.17, 15) is 14.4 Å². The number of halogens is 1. The third kappa shape index (κ3) is 3.47. The average molecular weight is 338 g/mol. The standard InChI is InChI=1S/C16H20ClN3O3/c1-3-4-9-18-13(21)10-20-14(22)16(2,19-15(20)23)11-7-5-6-8-12(11)17/h5-8H,3-4,9-10H2,1-2H3,(H,18,21)(H,19,23). The summed E-state index contributed by atoms with van der Waals surface area (Å²) in [6, 6.07) is 6.23. The van der Waals surface area contributed by atoms with Gasteiger partial charge in [-0.05, 0) is 19.4 Å². The highest BCUT2D eigenvalue weighted by atomic mass is 35.5. The molecular weight excluding hydrogens is 318 g/mol. The number of unbranched alkanes of at least 4 members (excludes halogenated alkanes) is 1. The van der Waals surface area contributed by atoms with E-state index < -0.39 is 17.5 Å². The molecule has 0 saturated carbocycles. The average Bonchev–Trinajstić information content (AvgIpc) is 2.72. The van der Waals surface area contributed by atoms with Crippen LogP contribution in [0.15, 0.2) is 24.3 Å². The van der Waals surface area contributed by atoms with Crippen molar-refractivity contribution in [3.8, 4) is 0 Å². The fraction of sp³-hybridized carbons (Fsp3) is 0.438. The molecule has 124 valence electrons. The minimum atomic E-state index is -1.26. The molecule has 2 rings (SSSR count). The van der Waals surface area contributed by atoms with E-state index in [0.29, 0.717) is 17.1 Å². The second-order valence-corrected chi connectivity index (χ2v) is 6.04. The van der Waals surface area contributed by atoms with Gasteiger partial charge in [-0.25, -0.2) is 4.79 Å². The lowest BCUT2D eigenvalue weighted by Gasteiger charge is -2.23. The Balaban J connectivity index is 2.14. The SMILES string of the molecule is CCCCNC(=O)CN1C(=O)NC(C)(c2ccccc2Cl)C1=O. The highest BCUT2D eigenvalue weighted by Crippen LogP contribution is 2.33. The van der Waals surface area contributed by atoms with Crippen molar-refractivity contribution in [3.05, 3.63) is 34.9 Å². The van der Waals surface area contributed by atoms with Crippen molar-refractivity contribution in [3.63, 3.8) is 0 Å². The first kappa shape index (κ1) is 17.3.